The van der Waals surface area contributed by atoms with Gasteiger partial charge in [-0.3, -0.25) is 14.6 Å². The Balaban J connectivity index is 1.57. The highest BCUT2D eigenvalue weighted by Crippen LogP contribution is 2.19. The highest BCUT2D eigenvalue weighted by atomic mass is 16.2. The number of rotatable bonds is 4. The summed E-state index contributed by atoms with van der Waals surface area (Å²) < 4.78 is 0. The highest BCUT2D eigenvalue weighted by Gasteiger charge is 2.28. The quantitative estimate of drug-likeness (QED) is 0.940. The van der Waals surface area contributed by atoms with Crippen molar-refractivity contribution in [1.82, 2.24) is 9.88 Å². The van der Waals surface area contributed by atoms with Gasteiger partial charge in [0.05, 0.1) is 24.2 Å². The van der Waals surface area contributed by atoms with E-state index in [1.165, 1.54) is 0 Å². The summed E-state index contributed by atoms with van der Waals surface area (Å²) in [7, 11) is 0. The Morgan fingerprint density at radius 1 is 1.17 bits per heavy atom. The summed E-state index contributed by atoms with van der Waals surface area (Å²) in [6.45, 7) is 1.21. The standard InChI is InChI=1S/C19H21N3O2/c23-18(12-15-6-2-1-3-7-15)22-11-5-8-16(14-22)19(24)21-17-9-4-10-20-13-17/h1-4,6-7,9-10,13,16H,5,8,11-12,14H2,(H,21,24)/t16-/m1/s1. The number of nitrogens with zero attached hydrogens (tertiary/aromatic N) is 2. The first-order valence-corrected chi connectivity index (χ1v) is 8.25. The molecule has 24 heavy (non-hydrogen) atoms. The summed E-state index contributed by atoms with van der Waals surface area (Å²) in [5.41, 5.74) is 1.69. The van der Waals surface area contributed by atoms with E-state index < -0.39 is 0 Å². The van der Waals surface area contributed by atoms with Crippen LogP contribution in [0.4, 0.5) is 5.69 Å². The molecule has 0 aliphatic carbocycles. The third-order valence-electron chi connectivity index (χ3n) is 4.27. The molecule has 1 atom stereocenters. The number of aromatic nitrogens is 1. The number of anilines is 1. The SMILES string of the molecule is O=C(Nc1cccnc1)[C@@H]1CCCN(C(=O)Cc2ccccc2)C1. The van der Waals surface area contributed by atoms with Crippen LogP contribution >= 0.6 is 0 Å². The molecule has 0 bridgehead atoms. The van der Waals surface area contributed by atoms with Crippen LogP contribution in [0.2, 0.25) is 0 Å². The number of likely N-dealkylation sites (tertiary alicyclic amines) is 1. The summed E-state index contributed by atoms with van der Waals surface area (Å²) in [6.07, 6.45) is 5.34. The molecule has 1 saturated heterocycles. The minimum Gasteiger partial charge on any atom is -0.342 e. The Morgan fingerprint density at radius 3 is 2.75 bits per heavy atom. The fraction of sp³-hybridized carbons (Fsp3) is 0.316. The molecule has 0 radical (unpaired) electrons. The third-order valence-corrected chi connectivity index (χ3v) is 4.27. The van der Waals surface area contributed by atoms with E-state index in [4.69, 9.17) is 0 Å². The van der Waals surface area contributed by atoms with E-state index in [9.17, 15) is 9.59 Å². The van der Waals surface area contributed by atoms with Gasteiger partial charge in [-0.1, -0.05) is 30.3 Å². The molecule has 1 aromatic carbocycles. The van der Waals surface area contributed by atoms with Crippen LogP contribution < -0.4 is 5.32 Å². The van der Waals surface area contributed by atoms with Crippen LogP contribution in [0.25, 0.3) is 0 Å². The Hall–Kier alpha value is -2.69. The van der Waals surface area contributed by atoms with Crippen molar-refractivity contribution in [1.29, 1.82) is 0 Å². The molecule has 1 aliphatic rings. The summed E-state index contributed by atoms with van der Waals surface area (Å²) in [6, 6.07) is 13.3. The van der Waals surface area contributed by atoms with Crippen LogP contribution in [0.5, 0.6) is 0 Å². The number of carbonyl (C=O) groups is 2. The van der Waals surface area contributed by atoms with Gasteiger partial charge in [0.1, 0.15) is 0 Å². The van der Waals surface area contributed by atoms with Gasteiger partial charge in [0, 0.05) is 19.3 Å². The molecule has 2 amide bonds. The van der Waals surface area contributed by atoms with Crippen molar-refractivity contribution in [2.75, 3.05) is 18.4 Å². The second kappa shape index (κ2) is 7.73. The largest absolute Gasteiger partial charge is 0.342 e. The number of hydrogen-bond acceptors (Lipinski definition) is 3. The van der Waals surface area contributed by atoms with Crippen LogP contribution in [0.3, 0.4) is 0 Å². The normalized spacial score (nSPS) is 17.3. The lowest BCUT2D eigenvalue weighted by molar-refractivity contribution is -0.133. The molecule has 1 N–H and O–H groups in total. The predicted molar refractivity (Wildman–Crippen MR) is 92.3 cm³/mol. The first kappa shape index (κ1) is 16.2. The maximum absolute atomic E-state index is 12.5. The first-order valence-electron chi connectivity index (χ1n) is 8.25. The Labute approximate surface area is 141 Å². The molecule has 1 fully saturated rings. The topological polar surface area (TPSA) is 62.3 Å². The van der Waals surface area contributed by atoms with Gasteiger partial charge >= 0.3 is 0 Å². The summed E-state index contributed by atoms with van der Waals surface area (Å²) >= 11 is 0. The number of amides is 2. The van der Waals surface area contributed by atoms with E-state index in [1.807, 2.05) is 41.3 Å². The van der Waals surface area contributed by atoms with Gasteiger partial charge in [0.2, 0.25) is 11.8 Å². The molecular formula is C19H21N3O2. The van der Waals surface area contributed by atoms with Crippen molar-refractivity contribution in [2.45, 2.75) is 19.3 Å². The zero-order valence-corrected chi connectivity index (χ0v) is 13.5. The maximum Gasteiger partial charge on any atom is 0.229 e. The molecule has 5 nitrogen and oxygen atoms in total. The van der Waals surface area contributed by atoms with Crippen molar-refractivity contribution >= 4 is 17.5 Å². The lowest BCUT2D eigenvalue weighted by Crippen LogP contribution is -2.44. The van der Waals surface area contributed by atoms with E-state index in [0.717, 1.165) is 24.9 Å². The molecule has 1 aromatic heterocycles. The van der Waals surface area contributed by atoms with E-state index in [1.54, 1.807) is 18.5 Å². The van der Waals surface area contributed by atoms with E-state index in [0.29, 0.717) is 18.7 Å². The molecule has 124 valence electrons. The molecule has 2 aromatic rings. The molecule has 3 rings (SSSR count). The van der Waals surface area contributed by atoms with Gasteiger partial charge in [-0.2, -0.15) is 0 Å². The van der Waals surface area contributed by atoms with Crippen molar-refractivity contribution in [2.24, 2.45) is 5.92 Å². The Morgan fingerprint density at radius 2 is 2.00 bits per heavy atom. The number of carbonyl (C=O) groups excluding carboxylic acids is 2. The van der Waals surface area contributed by atoms with Gasteiger partial charge < -0.3 is 10.2 Å². The van der Waals surface area contributed by atoms with Crippen LogP contribution in [0.1, 0.15) is 18.4 Å². The fourth-order valence-corrected chi connectivity index (χ4v) is 2.98. The average Bonchev–Trinajstić information content (AvgIpc) is 2.63. The van der Waals surface area contributed by atoms with Crippen LogP contribution in [-0.4, -0.2) is 34.8 Å². The molecule has 1 aliphatic heterocycles. The van der Waals surface area contributed by atoms with E-state index in [2.05, 4.69) is 10.3 Å². The molecule has 0 saturated carbocycles. The van der Waals surface area contributed by atoms with Crippen molar-refractivity contribution in [3.05, 3.63) is 60.4 Å². The van der Waals surface area contributed by atoms with Crippen LogP contribution in [0, 0.1) is 5.92 Å². The minimum atomic E-state index is -0.168. The molecule has 2 heterocycles. The van der Waals surface area contributed by atoms with Crippen molar-refractivity contribution in [3.63, 3.8) is 0 Å². The number of piperidine rings is 1. The minimum absolute atomic E-state index is 0.0415. The van der Waals surface area contributed by atoms with Crippen molar-refractivity contribution < 1.29 is 9.59 Å². The summed E-state index contributed by atoms with van der Waals surface area (Å²) in [4.78, 5) is 30.7. The molecular weight excluding hydrogens is 302 g/mol. The second-order valence-electron chi connectivity index (χ2n) is 6.07. The van der Waals surface area contributed by atoms with E-state index >= 15 is 0 Å². The fourth-order valence-electron chi connectivity index (χ4n) is 2.98. The predicted octanol–water partition coefficient (Wildman–Crippen LogP) is 2.50. The lowest BCUT2D eigenvalue weighted by atomic mass is 9.96. The summed E-state index contributed by atoms with van der Waals surface area (Å²) in [5, 5.41) is 2.88. The van der Waals surface area contributed by atoms with Gasteiger partial charge in [-0.25, -0.2) is 0 Å². The third kappa shape index (κ3) is 4.19. The summed E-state index contributed by atoms with van der Waals surface area (Å²) in [5.74, 6) is -0.126. The number of pyridine rings is 1. The van der Waals surface area contributed by atoms with Gasteiger partial charge in [-0.05, 0) is 30.5 Å². The molecule has 0 unspecified atom stereocenters. The van der Waals surface area contributed by atoms with Crippen molar-refractivity contribution in [3.8, 4) is 0 Å². The van der Waals surface area contributed by atoms with Crippen LogP contribution in [-0.2, 0) is 16.0 Å². The second-order valence-corrected chi connectivity index (χ2v) is 6.07. The molecule has 0 spiro atoms. The zero-order valence-electron chi connectivity index (χ0n) is 13.5. The number of hydrogen-bond donors (Lipinski definition) is 1. The highest BCUT2D eigenvalue weighted by molar-refractivity contribution is 5.93. The zero-order chi connectivity index (χ0) is 16.8. The lowest BCUT2D eigenvalue weighted by Gasteiger charge is -2.32. The van der Waals surface area contributed by atoms with E-state index in [-0.39, 0.29) is 17.7 Å². The van der Waals surface area contributed by atoms with Gasteiger partial charge in [-0.15, -0.1) is 0 Å². The average molecular weight is 323 g/mol. The smallest absolute Gasteiger partial charge is 0.229 e. The number of nitrogens with one attached hydrogen (secondary N) is 1. The number of benzene rings is 1. The van der Waals surface area contributed by atoms with Gasteiger partial charge in [0.25, 0.3) is 0 Å². The molecule has 5 heteroatoms. The Bertz CT molecular complexity index is 629. The Kier molecular flexibility index (Phi) is 5.21. The monoisotopic (exact) mass is 323 g/mol. The van der Waals surface area contributed by atoms with Gasteiger partial charge in [0.15, 0.2) is 0 Å². The van der Waals surface area contributed by atoms with Crippen LogP contribution in [0.15, 0.2) is 54.9 Å². The maximum atomic E-state index is 12.5. The first-order chi connectivity index (χ1) is 11.7.